The molecule has 1 amide bonds. The number of para-hydroxylation sites is 1. The van der Waals surface area contributed by atoms with Gasteiger partial charge in [-0.2, -0.15) is 4.99 Å². The van der Waals surface area contributed by atoms with Crippen LogP contribution in [0.3, 0.4) is 0 Å². The van der Waals surface area contributed by atoms with E-state index in [-0.39, 0.29) is 11.2 Å². The molecule has 0 saturated heterocycles. The second kappa shape index (κ2) is 7.29. The summed E-state index contributed by atoms with van der Waals surface area (Å²) >= 11 is 1.38. The highest BCUT2D eigenvalue weighted by molar-refractivity contribution is 7.16. The molecule has 4 aromatic rings. The summed E-state index contributed by atoms with van der Waals surface area (Å²) in [5.74, 6) is 1.89. The number of hydrogen-bond acceptors (Lipinski definition) is 4. The predicted octanol–water partition coefficient (Wildman–Crippen LogP) is 3.75. The van der Waals surface area contributed by atoms with Crippen LogP contribution >= 0.6 is 11.3 Å². The number of terminal acetylenes is 1. The first-order chi connectivity index (χ1) is 13.6. The number of hydrogen-bond donors (Lipinski definition) is 0. The SMILES string of the molecule is C#CCn1c(=NC(=O)c2cc(=O)c3ccccc3o2)sc2cc(CC)ccc21. The molecule has 0 atom stereocenters. The molecule has 0 N–H and O–H groups in total. The maximum Gasteiger partial charge on any atom is 0.315 e. The minimum Gasteiger partial charge on any atom is -0.451 e. The topological polar surface area (TPSA) is 64.6 Å². The molecule has 5 nitrogen and oxygen atoms in total. The summed E-state index contributed by atoms with van der Waals surface area (Å²) in [7, 11) is 0. The molecule has 0 fully saturated rings. The van der Waals surface area contributed by atoms with E-state index >= 15 is 0 Å². The molecule has 2 aromatic carbocycles. The minimum atomic E-state index is -0.615. The first-order valence-electron chi connectivity index (χ1n) is 8.78. The Morgan fingerprint density at radius 3 is 2.86 bits per heavy atom. The second-order valence-corrected chi connectivity index (χ2v) is 7.23. The van der Waals surface area contributed by atoms with Crippen molar-refractivity contribution in [1.82, 2.24) is 4.57 Å². The second-order valence-electron chi connectivity index (χ2n) is 6.22. The van der Waals surface area contributed by atoms with E-state index in [1.807, 2.05) is 16.7 Å². The van der Waals surface area contributed by atoms with Crippen molar-refractivity contribution in [1.29, 1.82) is 0 Å². The third kappa shape index (κ3) is 3.17. The van der Waals surface area contributed by atoms with E-state index in [2.05, 4.69) is 23.9 Å². The van der Waals surface area contributed by atoms with Crippen molar-refractivity contribution in [2.45, 2.75) is 19.9 Å². The number of nitrogens with zero attached hydrogens (tertiary/aromatic N) is 2. The lowest BCUT2D eigenvalue weighted by molar-refractivity contribution is 0.0972. The van der Waals surface area contributed by atoms with Gasteiger partial charge in [0.1, 0.15) is 5.58 Å². The van der Waals surface area contributed by atoms with Gasteiger partial charge in [0, 0.05) is 6.07 Å². The van der Waals surface area contributed by atoms with Crippen LogP contribution in [0.1, 0.15) is 23.0 Å². The molecular formula is C22H16N2O3S. The Labute approximate surface area is 164 Å². The van der Waals surface area contributed by atoms with E-state index < -0.39 is 5.91 Å². The zero-order valence-corrected chi connectivity index (χ0v) is 16.0. The van der Waals surface area contributed by atoms with E-state index in [0.29, 0.717) is 22.3 Å². The van der Waals surface area contributed by atoms with Crippen molar-refractivity contribution in [2.75, 3.05) is 0 Å². The number of carbonyl (C=O) groups is 1. The van der Waals surface area contributed by atoms with E-state index in [1.165, 1.54) is 23.0 Å². The van der Waals surface area contributed by atoms with Crippen molar-refractivity contribution in [3.63, 3.8) is 0 Å². The molecule has 28 heavy (non-hydrogen) atoms. The molecule has 0 aliphatic rings. The van der Waals surface area contributed by atoms with E-state index in [9.17, 15) is 9.59 Å². The standard InChI is InChI=1S/C22H16N2O3S/c1-3-11-24-16-10-9-14(4-2)12-20(16)28-22(24)23-21(26)19-13-17(25)15-7-5-6-8-18(15)27-19/h1,5-10,12-13H,4,11H2,2H3. The molecule has 2 heterocycles. The van der Waals surface area contributed by atoms with Crippen molar-refractivity contribution in [2.24, 2.45) is 4.99 Å². The fourth-order valence-corrected chi connectivity index (χ4v) is 4.11. The first kappa shape index (κ1) is 18.0. The van der Waals surface area contributed by atoms with E-state index in [4.69, 9.17) is 10.8 Å². The molecule has 2 aromatic heterocycles. The Morgan fingerprint density at radius 1 is 1.25 bits per heavy atom. The van der Waals surface area contributed by atoms with Crippen LogP contribution in [-0.2, 0) is 13.0 Å². The van der Waals surface area contributed by atoms with Crippen LogP contribution in [0.2, 0.25) is 0 Å². The van der Waals surface area contributed by atoms with E-state index in [1.54, 1.807) is 24.3 Å². The summed E-state index contributed by atoms with van der Waals surface area (Å²) in [5.41, 5.74) is 2.20. The lowest BCUT2D eigenvalue weighted by Crippen LogP contribution is -2.17. The molecule has 6 heteroatoms. The number of rotatable bonds is 3. The summed E-state index contributed by atoms with van der Waals surface area (Å²) in [5, 5.41) is 0.426. The zero-order chi connectivity index (χ0) is 19.7. The molecule has 138 valence electrons. The summed E-state index contributed by atoms with van der Waals surface area (Å²) in [6.45, 7) is 2.38. The fraction of sp³-hybridized carbons (Fsp3) is 0.136. The van der Waals surface area contributed by atoms with Crippen LogP contribution in [0, 0.1) is 12.3 Å². The molecule has 0 aliphatic carbocycles. The largest absolute Gasteiger partial charge is 0.451 e. The third-order valence-corrected chi connectivity index (χ3v) is 5.49. The van der Waals surface area contributed by atoms with Crippen LogP contribution in [0.15, 0.2) is 62.7 Å². The van der Waals surface area contributed by atoms with Crippen LogP contribution in [0.25, 0.3) is 21.2 Å². The van der Waals surface area contributed by atoms with Crippen LogP contribution in [-0.4, -0.2) is 10.5 Å². The number of aromatic nitrogens is 1. The van der Waals surface area contributed by atoms with Crippen LogP contribution in [0.5, 0.6) is 0 Å². The lowest BCUT2D eigenvalue weighted by Gasteiger charge is -2.01. The highest BCUT2D eigenvalue weighted by atomic mass is 32.1. The van der Waals surface area contributed by atoms with Crippen LogP contribution < -0.4 is 10.2 Å². The smallest absolute Gasteiger partial charge is 0.315 e. The van der Waals surface area contributed by atoms with Gasteiger partial charge in [-0.25, -0.2) is 0 Å². The Bertz CT molecular complexity index is 1380. The zero-order valence-electron chi connectivity index (χ0n) is 15.1. The predicted molar refractivity (Wildman–Crippen MR) is 110 cm³/mol. The Hall–Kier alpha value is -3.43. The number of aryl methyl sites for hydroxylation is 1. The third-order valence-electron chi connectivity index (χ3n) is 4.45. The van der Waals surface area contributed by atoms with Crippen molar-refractivity contribution in [3.05, 3.63) is 74.9 Å². The van der Waals surface area contributed by atoms with Crippen LogP contribution in [0.4, 0.5) is 0 Å². The summed E-state index contributed by atoms with van der Waals surface area (Å²) in [6, 6.07) is 14.1. The summed E-state index contributed by atoms with van der Waals surface area (Å²) in [4.78, 5) is 29.6. The van der Waals surface area contributed by atoms with Gasteiger partial charge in [-0.05, 0) is 36.2 Å². The molecule has 0 aliphatic heterocycles. The molecule has 0 saturated carbocycles. The monoisotopic (exact) mass is 388 g/mol. The Kier molecular flexibility index (Phi) is 4.68. The van der Waals surface area contributed by atoms with Crippen molar-refractivity contribution >= 4 is 38.4 Å². The van der Waals surface area contributed by atoms with Gasteiger partial charge in [-0.3, -0.25) is 9.59 Å². The molecule has 0 unspecified atom stereocenters. The highest BCUT2D eigenvalue weighted by Gasteiger charge is 2.13. The molecular weight excluding hydrogens is 372 g/mol. The minimum absolute atomic E-state index is 0.0948. The van der Waals surface area contributed by atoms with Gasteiger partial charge >= 0.3 is 5.91 Å². The van der Waals surface area contributed by atoms with Crippen molar-refractivity contribution in [3.8, 4) is 12.3 Å². The number of amides is 1. The average Bonchev–Trinajstić information content (AvgIpc) is 3.04. The van der Waals surface area contributed by atoms with Gasteiger partial charge in [0.05, 0.1) is 22.1 Å². The first-order valence-corrected chi connectivity index (χ1v) is 9.60. The average molecular weight is 388 g/mol. The van der Waals surface area contributed by atoms with Gasteiger partial charge in [0.15, 0.2) is 16.0 Å². The number of benzene rings is 2. The van der Waals surface area contributed by atoms with Gasteiger partial charge < -0.3 is 8.98 Å². The Morgan fingerprint density at radius 2 is 2.07 bits per heavy atom. The summed E-state index contributed by atoms with van der Waals surface area (Å²) < 4.78 is 8.42. The molecule has 0 radical (unpaired) electrons. The molecule has 0 spiro atoms. The van der Waals surface area contributed by atoms with Gasteiger partial charge in [-0.1, -0.05) is 42.4 Å². The normalized spacial score (nSPS) is 11.8. The molecule has 4 rings (SSSR count). The maximum atomic E-state index is 12.7. The quantitative estimate of drug-likeness (QED) is 0.502. The van der Waals surface area contributed by atoms with Gasteiger partial charge in [0.25, 0.3) is 0 Å². The highest BCUT2D eigenvalue weighted by Crippen LogP contribution is 2.20. The fourth-order valence-electron chi connectivity index (χ4n) is 3.02. The Balaban J connectivity index is 1.87. The lowest BCUT2D eigenvalue weighted by atomic mass is 10.2. The number of thiazole rings is 1. The van der Waals surface area contributed by atoms with E-state index in [0.717, 1.165) is 16.6 Å². The maximum absolute atomic E-state index is 12.7. The van der Waals surface area contributed by atoms with Gasteiger partial charge in [-0.15, -0.1) is 6.42 Å². The molecule has 0 bridgehead atoms. The number of carbonyl (C=O) groups excluding carboxylic acids is 1. The number of fused-ring (bicyclic) bond motifs is 2. The summed E-state index contributed by atoms with van der Waals surface area (Å²) in [6.07, 6.45) is 6.42. The van der Waals surface area contributed by atoms with Gasteiger partial charge in [0.2, 0.25) is 0 Å². The van der Waals surface area contributed by atoms with Crippen molar-refractivity contribution < 1.29 is 9.21 Å².